The monoisotopic (exact) mass is 347 g/mol. The van der Waals surface area contributed by atoms with Gasteiger partial charge in [-0.25, -0.2) is 4.39 Å². The minimum atomic E-state index is -0.318. The number of nitrogens with zero attached hydrogens (tertiary/aromatic N) is 3. The summed E-state index contributed by atoms with van der Waals surface area (Å²) in [5.74, 6) is -0.0372. The molecular weight excluding hydrogens is 321 g/mol. The van der Waals surface area contributed by atoms with Gasteiger partial charge in [-0.15, -0.1) is 0 Å². The van der Waals surface area contributed by atoms with Gasteiger partial charge >= 0.3 is 0 Å². The number of hydrogen-bond acceptors (Lipinski definition) is 3. The summed E-state index contributed by atoms with van der Waals surface area (Å²) in [4.78, 5) is 31.0. The van der Waals surface area contributed by atoms with Gasteiger partial charge in [-0.3, -0.25) is 9.59 Å². The predicted octanol–water partition coefficient (Wildman–Crippen LogP) is 1.38. The Bertz CT molecular complexity index is 621. The Morgan fingerprint density at radius 1 is 1.04 bits per heavy atom. The number of piperazine rings is 1. The van der Waals surface area contributed by atoms with Crippen molar-refractivity contribution in [3.63, 3.8) is 0 Å². The standard InChI is InChI=1S/C19H26FN3O2/c1-21-9-11-23(12-10-21)19(25)16-5-7-22(8-6-16)18(24)14-15-3-2-4-17(20)13-15/h2-4,13,16H,5-12,14H2,1H3. The number of halogens is 1. The third-order valence-electron chi connectivity index (χ3n) is 5.26. The second-order valence-electron chi connectivity index (χ2n) is 7.09. The molecule has 2 aliphatic rings. The van der Waals surface area contributed by atoms with Crippen molar-refractivity contribution in [3.05, 3.63) is 35.6 Å². The normalized spacial score (nSPS) is 19.9. The summed E-state index contributed by atoms with van der Waals surface area (Å²) in [6.45, 7) is 4.67. The fraction of sp³-hybridized carbons (Fsp3) is 0.579. The topological polar surface area (TPSA) is 43.9 Å². The first kappa shape index (κ1) is 17.9. The number of carbonyl (C=O) groups excluding carboxylic acids is 2. The zero-order valence-electron chi connectivity index (χ0n) is 14.8. The quantitative estimate of drug-likeness (QED) is 0.830. The van der Waals surface area contributed by atoms with Crippen LogP contribution in [0.1, 0.15) is 18.4 Å². The molecule has 2 saturated heterocycles. The van der Waals surface area contributed by atoms with Crippen LogP contribution in [0.2, 0.25) is 0 Å². The number of piperidine rings is 1. The number of rotatable bonds is 3. The molecule has 0 atom stereocenters. The molecule has 0 unspecified atom stereocenters. The van der Waals surface area contributed by atoms with Crippen LogP contribution < -0.4 is 0 Å². The zero-order chi connectivity index (χ0) is 17.8. The summed E-state index contributed by atoms with van der Waals surface area (Å²) >= 11 is 0. The molecule has 25 heavy (non-hydrogen) atoms. The minimum Gasteiger partial charge on any atom is -0.342 e. The molecule has 2 fully saturated rings. The van der Waals surface area contributed by atoms with Gasteiger partial charge in [-0.1, -0.05) is 12.1 Å². The molecule has 0 aromatic heterocycles. The van der Waals surface area contributed by atoms with E-state index in [1.54, 1.807) is 17.0 Å². The highest BCUT2D eigenvalue weighted by atomic mass is 19.1. The number of amides is 2. The van der Waals surface area contributed by atoms with Gasteiger partial charge in [-0.2, -0.15) is 0 Å². The van der Waals surface area contributed by atoms with Crippen molar-refractivity contribution < 1.29 is 14.0 Å². The molecule has 2 amide bonds. The molecular formula is C19H26FN3O2. The van der Waals surface area contributed by atoms with E-state index < -0.39 is 0 Å². The largest absolute Gasteiger partial charge is 0.342 e. The lowest BCUT2D eigenvalue weighted by Crippen LogP contribution is -2.51. The molecule has 1 aromatic carbocycles. The Balaban J connectivity index is 1.48. The van der Waals surface area contributed by atoms with Crippen LogP contribution >= 0.6 is 0 Å². The van der Waals surface area contributed by atoms with Crippen molar-refractivity contribution in [2.24, 2.45) is 5.92 Å². The molecule has 0 radical (unpaired) electrons. The first-order valence-corrected chi connectivity index (χ1v) is 9.02. The molecule has 0 saturated carbocycles. The van der Waals surface area contributed by atoms with Crippen molar-refractivity contribution in [2.45, 2.75) is 19.3 Å². The average molecular weight is 347 g/mol. The first-order chi connectivity index (χ1) is 12.0. The van der Waals surface area contributed by atoms with Gasteiger partial charge in [0.25, 0.3) is 0 Å². The Kier molecular flexibility index (Phi) is 5.68. The Morgan fingerprint density at radius 3 is 2.36 bits per heavy atom. The summed E-state index contributed by atoms with van der Waals surface area (Å²) in [5, 5.41) is 0. The van der Waals surface area contributed by atoms with E-state index in [-0.39, 0.29) is 30.0 Å². The molecule has 3 rings (SSSR count). The van der Waals surface area contributed by atoms with Gasteiger partial charge in [0.2, 0.25) is 11.8 Å². The minimum absolute atomic E-state index is 0.0103. The van der Waals surface area contributed by atoms with Crippen LogP contribution in [-0.2, 0) is 16.0 Å². The SMILES string of the molecule is CN1CCN(C(=O)C2CCN(C(=O)Cc3cccc(F)c3)CC2)CC1. The van der Waals surface area contributed by atoms with Crippen LogP contribution in [0.5, 0.6) is 0 Å². The highest BCUT2D eigenvalue weighted by Crippen LogP contribution is 2.21. The predicted molar refractivity (Wildman–Crippen MR) is 93.5 cm³/mol. The second-order valence-corrected chi connectivity index (χ2v) is 7.09. The van der Waals surface area contributed by atoms with E-state index in [2.05, 4.69) is 11.9 Å². The lowest BCUT2D eigenvalue weighted by atomic mass is 9.94. The van der Waals surface area contributed by atoms with Gasteiger partial charge in [-0.05, 0) is 37.6 Å². The van der Waals surface area contributed by atoms with Gasteiger partial charge in [0, 0.05) is 45.2 Å². The average Bonchev–Trinajstić information content (AvgIpc) is 2.62. The molecule has 2 aliphatic heterocycles. The second kappa shape index (κ2) is 7.95. The van der Waals surface area contributed by atoms with Gasteiger partial charge < -0.3 is 14.7 Å². The van der Waals surface area contributed by atoms with E-state index in [4.69, 9.17) is 0 Å². The number of hydrogen-bond donors (Lipinski definition) is 0. The summed E-state index contributed by atoms with van der Waals surface area (Å²) in [6.07, 6.45) is 1.66. The maximum absolute atomic E-state index is 13.2. The third-order valence-corrected chi connectivity index (χ3v) is 5.26. The van der Waals surface area contributed by atoms with Gasteiger partial charge in [0.15, 0.2) is 0 Å². The maximum atomic E-state index is 13.2. The van der Waals surface area contributed by atoms with Crippen LogP contribution in [0.4, 0.5) is 4.39 Å². The van der Waals surface area contributed by atoms with Crippen molar-refractivity contribution in [1.29, 1.82) is 0 Å². The smallest absolute Gasteiger partial charge is 0.226 e. The summed E-state index contributed by atoms with van der Waals surface area (Å²) < 4.78 is 13.2. The van der Waals surface area contributed by atoms with Crippen molar-refractivity contribution in [1.82, 2.24) is 14.7 Å². The molecule has 0 N–H and O–H groups in total. The molecule has 5 nitrogen and oxygen atoms in total. The van der Waals surface area contributed by atoms with E-state index in [1.165, 1.54) is 12.1 Å². The van der Waals surface area contributed by atoms with Gasteiger partial charge in [0.1, 0.15) is 5.82 Å². The van der Waals surface area contributed by atoms with Crippen LogP contribution in [-0.4, -0.2) is 72.8 Å². The van der Waals surface area contributed by atoms with Crippen LogP contribution in [0.3, 0.4) is 0 Å². The fourth-order valence-electron chi connectivity index (χ4n) is 3.59. The third kappa shape index (κ3) is 4.57. The molecule has 2 heterocycles. The number of likely N-dealkylation sites (tertiary alicyclic amines) is 1. The Labute approximate surface area is 148 Å². The zero-order valence-corrected chi connectivity index (χ0v) is 14.8. The van der Waals surface area contributed by atoms with Crippen molar-refractivity contribution >= 4 is 11.8 Å². The van der Waals surface area contributed by atoms with Crippen LogP contribution in [0.25, 0.3) is 0 Å². The fourth-order valence-corrected chi connectivity index (χ4v) is 3.59. The van der Waals surface area contributed by atoms with E-state index in [0.717, 1.165) is 39.0 Å². The molecule has 0 spiro atoms. The number of benzene rings is 1. The molecule has 136 valence electrons. The Morgan fingerprint density at radius 2 is 1.72 bits per heavy atom. The lowest BCUT2D eigenvalue weighted by molar-refractivity contribution is -0.141. The molecule has 0 aliphatic carbocycles. The van der Waals surface area contributed by atoms with E-state index in [9.17, 15) is 14.0 Å². The number of carbonyl (C=O) groups is 2. The molecule has 6 heteroatoms. The van der Waals surface area contributed by atoms with Crippen molar-refractivity contribution in [2.75, 3.05) is 46.3 Å². The Hall–Kier alpha value is -1.95. The summed E-state index contributed by atoms with van der Waals surface area (Å²) in [6, 6.07) is 6.18. The summed E-state index contributed by atoms with van der Waals surface area (Å²) in [7, 11) is 2.07. The summed E-state index contributed by atoms with van der Waals surface area (Å²) in [5.41, 5.74) is 0.695. The van der Waals surface area contributed by atoms with E-state index >= 15 is 0 Å². The highest BCUT2D eigenvalue weighted by Gasteiger charge is 2.31. The van der Waals surface area contributed by atoms with E-state index in [0.29, 0.717) is 18.7 Å². The lowest BCUT2D eigenvalue weighted by Gasteiger charge is -2.37. The van der Waals surface area contributed by atoms with Crippen molar-refractivity contribution in [3.8, 4) is 0 Å². The highest BCUT2D eigenvalue weighted by molar-refractivity contribution is 5.81. The van der Waals surface area contributed by atoms with E-state index in [1.807, 2.05) is 4.90 Å². The van der Waals surface area contributed by atoms with Crippen LogP contribution in [0.15, 0.2) is 24.3 Å². The van der Waals surface area contributed by atoms with Gasteiger partial charge in [0.05, 0.1) is 6.42 Å². The maximum Gasteiger partial charge on any atom is 0.226 e. The molecule has 1 aromatic rings. The number of likely N-dealkylation sites (N-methyl/N-ethyl adjacent to an activating group) is 1. The molecule has 0 bridgehead atoms. The first-order valence-electron chi connectivity index (χ1n) is 9.02. The van der Waals surface area contributed by atoms with Crippen LogP contribution in [0, 0.1) is 11.7 Å².